The number of hydrogen-bond acceptors (Lipinski definition) is 3. The molecule has 0 bridgehead atoms. The summed E-state index contributed by atoms with van der Waals surface area (Å²) in [5.74, 6) is 0.865. The molecule has 0 unspecified atom stereocenters. The molecule has 2 aromatic rings. The molecule has 0 spiro atoms. The van der Waals surface area contributed by atoms with Crippen LogP contribution in [0.15, 0.2) is 42.5 Å². The van der Waals surface area contributed by atoms with Crippen LogP contribution in [-0.2, 0) is 0 Å². The van der Waals surface area contributed by atoms with E-state index >= 15 is 0 Å². The van der Waals surface area contributed by atoms with Crippen molar-refractivity contribution >= 4 is 28.7 Å². The Balaban J connectivity index is 1.80. The van der Waals surface area contributed by atoms with Crippen molar-refractivity contribution < 1.29 is 4.74 Å². The van der Waals surface area contributed by atoms with E-state index < -0.39 is 0 Å². The van der Waals surface area contributed by atoms with Gasteiger partial charge in [-0.05, 0) is 67.5 Å². The van der Waals surface area contributed by atoms with E-state index in [1.165, 1.54) is 11.1 Å². The zero-order valence-corrected chi connectivity index (χ0v) is 15.5. The first-order valence-corrected chi connectivity index (χ1v) is 8.37. The molecular formula is C19H25N3OS. The highest BCUT2D eigenvalue weighted by Gasteiger charge is 2.04. The summed E-state index contributed by atoms with van der Waals surface area (Å²) in [4.78, 5) is 2.17. The second-order valence-corrected chi connectivity index (χ2v) is 6.23. The number of benzene rings is 2. The Morgan fingerprint density at radius 3 is 2.50 bits per heavy atom. The van der Waals surface area contributed by atoms with Gasteiger partial charge in [0.05, 0.1) is 7.11 Å². The Morgan fingerprint density at radius 1 is 1.12 bits per heavy atom. The average molecular weight is 343 g/mol. The van der Waals surface area contributed by atoms with Crippen LogP contribution in [0.5, 0.6) is 5.75 Å². The summed E-state index contributed by atoms with van der Waals surface area (Å²) in [6.45, 7) is 5.76. The van der Waals surface area contributed by atoms with Crippen LogP contribution in [0.1, 0.15) is 11.1 Å². The Labute approximate surface area is 149 Å². The van der Waals surface area contributed by atoms with Crippen LogP contribution in [0.2, 0.25) is 0 Å². The van der Waals surface area contributed by atoms with Gasteiger partial charge in [-0.25, -0.2) is 0 Å². The molecule has 0 atom stereocenters. The van der Waals surface area contributed by atoms with E-state index in [4.69, 9.17) is 17.0 Å². The number of hydrogen-bond donors (Lipinski definition) is 2. The molecule has 0 aliphatic rings. The molecule has 0 heterocycles. The van der Waals surface area contributed by atoms with E-state index in [0.29, 0.717) is 5.11 Å². The van der Waals surface area contributed by atoms with Gasteiger partial charge in [-0.1, -0.05) is 12.1 Å². The molecule has 2 N–H and O–H groups in total. The van der Waals surface area contributed by atoms with Crippen molar-refractivity contribution in [2.45, 2.75) is 13.8 Å². The lowest BCUT2D eigenvalue weighted by Crippen LogP contribution is -2.35. The molecule has 4 nitrogen and oxygen atoms in total. The normalized spacial score (nSPS) is 10.2. The van der Waals surface area contributed by atoms with E-state index in [0.717, 1.165) is 30.2 Å². The number of rotatable bonds is 6. The highest BCUT2D eigenvalue weighted by Crippen LogP contribution is 2.18. The van der Waals surface area contributed by atoms with Crippen molar-refractivity contribution in [3.05, 3.63) is 53.6 Å². The van der Waals surface area contributed by atoms with Crippen LogP contribution < -0.4 is 20.3 Å². The summed E-state index contributed by atoms with van der Waals surface area (Å²) in [6.07, 6.45) is 0. The third-order valence-corrected chi connectivity index (χ3v) is 4.13. The quantitative estimate of drug-likeness (QED) is 0.782. The van der Waals surface area contributed by atoms with Gasteiger partial charge in [0.15, 0.2) is 5.11 Å². The van der Waals surface area contributed by atoms with Crippen molar-refractivity contribution in [2.24, 2.45) is 0 Å². The van der Waals surface area contributed by atoms with E-state index in [1.807, 2.05) is 24.3 Å². The highest BCUT2D eigenvalue weighted by atomic mass is 32.1. The molecule has 0 fully saturated rings. The van der Waals surface area contributed by atoms with Crippen molar-refractivity contribution in [3.8, 4) is 5.75 Å². The number of anilines is 2. The number of nitrogens with one attached hydrogen (secondary N) is 2. The van der Waals surface area contributed by atoms with Crippen LogP contribution in [0.4, 0.5) is 11.4 Å². The minimum atomic E-state index is 0.645. The number of likely N-dealkylation sites (N-methyl/N-ethyl adjacent to an activating group) is 1. The topological polar surface area (TPSA) is 36.5 Å². The third-order valence-electron chi connectivity index (χ3n) is 3.89. The fourth-order valence-corrected chi connectivity index (χ4v) is 2.55. The lowest BCUT2D eigenvalue weighted by atomic mass is 10.1. The molecule has 0 aliphatic carbocycles. The smallest absolute Gasteiger partial charge is 0.170 e. The predicted molar refractivity (Wildman–Crippen MR) is 106 cm³/mol. The number of nitrogens with zero attached hydrogens (tertiary/aromatic N) is 1. The molecule has 24 heavy (non-hydrogen) atoms. The molecule has 5 heteroatoms. The van der Waals surface area contributed by atoms with Crippen molar-refractivity contribution in [1.29, 1.82) is 0 Å². The van der Waals surface area contributed by atoms with Crippen LogP contribution in [0.25, 0.3) is 0 Å². The van der Waals surface area contributed by atoms with Gasteiger partial charge in [-0.2, -0.15) is 0 Å². The van der Waals surface area contributed by atoms with Crippen molar-refractivity contribution in [3.63, 3.8) is 0 Å². The fraction of sp³-hybridized carbons (Fsp3) is 0.316. The zero-order valence-electron chi connectivity index (χ0n) is 14.7. The molecule has 2 aromatic carbocycles. The van der Waals surface area contributed by atoms with Crippen molar-refractivity contribution in [1.82, 2.24) is 5.32 Å². The summed E-state index contributed by atoms with van der Waals surface area (Å²) in [5.41, 5.74) is 4.59. The van der Waals surface area contributed by atoms with Crippen molar-refractivity contribution in [2.75, 3.05) is 37.5 Å². The summed E-state index contributed by atoms with van der Waals surface area (Å²) in [5, 5.41) is 7.17. The molecule has 128 valence electrons. The maximum Gasteiger partial charge on any atom is 0.170 e. The van der Waals surface area contributed by atoms with E-state index in [-0.39, 0.29) is 0 Å². The van der Waals surface area contributed by atoms with Gasteiger partial charge in [-0.3, -0.25) is 0 Å². The van der Waals surface area contributed by atoms with E-state index in [2.05, 4.69) is 54.6 Å². The first-order valence-electron chi connectivity index (χ1n) is 7.97. The van der Waals surface area contributed by atoms with Crippen LogP contribution >= 0.6 is 12.2 Å². The van der Waals surface area contributed by atoms with Gasteiger partial charge in [0.2, 0.25) is 0 Å². The SMILES string of the molecule is COc1ccc(N(C)CCNC(=S)Nc2cc(C)ccc2C)cc1. The van der Waals surface area contributed by atoms with E-state index in [1.54, 1.807) is 7.11 Å². The first kappa shape index (κ1) is 18.1. The maximum absolute atomic E-state index is 5.38. The number of aryl methyl sites for hydroxylation is 2. The molecular weight excluding hydrogens is 318 g/mol. The highest BCUT2D eigenvalue weighted by molar-refractivity contribution is 7.80. The number of methoxy groups -OCH3 is 1. The molecule has 0 aliphatic heterocycles. The Bertz CT molecular complexity index is 686. The molecule has 0 saturated carbocycles. The Hall–Kier alpha value is -2.27. The van der Waals surface area contributed by atoms with Gasteiger partial charge in [0.25, 0.3) is 0 Å². The van der Waals surface area contributed by atoms with E-state index in [9.17, 15) is 0 Å². The molecule has 0 radical (unpaired) electrons. The van der Waals surface area contributed by atoms with Gasteiger partial charge in [-0.15, -0.1) is 0 Å². The maximum atomic E-state index is 5.38. The second kappa shape index (κ2) is 8.55. The minimum absolute atomic E-state index is 0.645. The molecule has 0 saturated heterocycles. The van der Waals surface area contributed by atoms with Gasteiger partial charge in [0, 0.05) is 31.5 Å². The van der Waals surface area contributed by atoms with Crippen LogP contribution in [0.3, 0.4) is 0 Å². The number of thiocarbonyl (C=S) groups is 1. The third kappa shape index (κ3) is 5.13. The Morgan fingerprint density at radius 2 is 1.83 bits per heavy atom. The Kier molecular flexibility index (Phi) is 6.44. The standard InChI is InChI=1S/C19H25N3OS/c1-14-5-6-15(2)18(13-14)21-19(24)20-11-12-22(3)16-7-9-17(23-4)10-8-16/h5-10,13H,11-12H2,1-4H3,(H2,20,21,24). The average Bonchev–Trinajstić information content (AvgIpc) is 2.58. The van der Waals surface area contributed by atoms with Gasteiger partial charge >= 0.3 is 0 Å². The predicted octanol–water partition coefficient (Wildman–Crippen LogP) is 3.73. The lowest BCUT2D eigenvalue weighted by Gasteiger charge is -2.20. The fourth-order valence-electron chi connectivity index (χ4n) is 2.34. The lowest BCUT2D eigenvalue weighted by molar-refractivity contribution is 0.415. The zero-order chi connectivity index (χ0) is 17.5. The first-order chi connectivity index (χ1) is 11.5. The summed E-state index contributed by atoms with van der Waals surface area (Å²) in [7, 11) is 3.73. The van der Waals surface area contributed by atoms with Crippen LogP contribution in [0, 0.1) is 13.8 Å². The summed E-state index contributed by atoms with van der Waals surface area (Å²) in [6, 6.07) is 14.3. The number of ether oxygens (including phenoxy) is 1. The summed E-state index contributed by atoms with van der Waals surface area (Å²) >= 11 is 5.38. The van der Waals surface area contributed by atoms with Crippen LogP contribution in [-0.4, -0.2) is 32.4 Å². The second-order valence-electron chi connectivity index (χ2n) is 5.82. The molecule has 0 amide bonds. The van der Waals surface area contributed by atoms with Gasteiger partial charge < -0.3 is 20.3 Å². The largest absolute Gasteiger partial charge is 0.497 e. The molecule has 0 aromatic heterocycles. The summed E-state index contributed by atoms with van der Waals surface area (Å²) < 4.78 is 5.18. The molecule has 2 rings (SSSR count). The minimum Gasteiger partial charge on any atom is -0.497 e. The monoisotopic (exact) mass is 343 g/mol. The van der Waals surface area contributed by atoms with Gasteiger partial charge in [0.1, 0.15) is 5.75 Å².